The number of anilines is 1. The Morgan fingerprint density at radius 3 is 2.47 bits per heavy atom. The number of nitrogens with one attached hydrogen (secondary N) is 2. The SMILES string of the molecule is CC(C)(CO)NS(=O)(=O)c1ccc(-c2cccc(NC(=O)C3(c4ccc5c(c4)OCO5)CC3)n2)cc1. The molecule has 0 unspecified atom stereocenters. The molecule has 9 nitrogen and oxygen atoms in total. The predicted molar refractivity (Wildman–Crippen MR) is 133 cm³/mol. The van der Waals surface area contributed by atoms with Crippen molar-refractivity contribution in [3.05, 3.63) is 66.2 Å². The molecule has 3 aromatic rings. The quantitative estimate of drug-likeness (QED) is 0.426. The number of benzene rings is 2. The molecule has 1 fully saturated rings. The maximum atomic E-state index is 13.2. The van der Waals surface area contributed by atoms with E-state index in [1.54, 1.807) is 44.2 Å². The topological polar surface area (TPSA) is 127 Å². The van der Waals surface area contributed by atoms with Crippen molar-refractivity contribution in [3.8, 4) is 22.8 Å². The van der Waals surface area contributed by atoms with Crippen LogP contribution in [0.2, 0.25) is 0 Å². The van der Waals surface area contributed by atoms with Gasteiger partial charge in [-0.1, -0.05) is 24.3 Å². The van der Waals surface area contributed by atoms with Crippen molar-refractivity contribution in [3.63, 3.8) is 0 Å². The lowest BCUT2D eigenvalue weighted by Crippen LogP contribution is -2.46. The fourth-order valence-corrected chi connectivity index (χ4v) is 5.53. The van der Waals surface area contributed by atoms with Crippen LogP contribution in [0.4, 0.5) is 5.82 Å². The summed E-state index contributed by atoms with van der Waals surface area (Å²) < 4.78 is 38.5. The van der Waals surface area contributed by atoms with Gasteiger partial charge in [-0.3, -0.25) is 4.79 Å². The molecule has 2 heterocycles. The third-order valence-corrected chi connectivity index (χ3v) is 8.08. The Hall–Kier alpha value is -3.47. The zero-order chi connectivity index (χ0) is 25.6. The summed E-state index contributed by atoms with van der Waals surface area (Å²) in [6, 6.07) is 17.2. The summed E-state index contributed by atoms with van der Waals surface area (Å²) in [7, 11) is -3.80. The first-order valence-electron chi connectivity index (χ1n) is 11.6. The van der Waals surface area contributed by atoms with Gasteiger partial charge in [0, 0.05) is 5.56 Å². The zero-order valence-corrected chi connectivity index (χ0v) is 20.8. The molecule has 5 rings (SSSR count). The van der Waals surface area contributed by atoms with Crippen LogP contribution in [0.5, 0.6) is 11.5 Å². The predicted octanol–water partition coefficient (Wildman–Crippen LogP) is 3.20. The van der Waals surface area contributed by atoms with Crippen LogP contribution in [0.25, 0.3) is 11.3 Å². The van der Waals surface area contributed by atoms with E-state index in [-0.39, 0.29) is 24.2 Å². The smallest absolute Gasteiger partial charge is 0.241 e. The van der Waals surface area contributed by atoms with Crippen LogP contribution in [-0.2, 0) is 20.2 Å². The number of carbonyl (C=O) groups excluding carboxylic acids is 1. The van der Waals surface area contributed by atoms with Gasteiger partial charge < -0.3 is 19.9 Å². The highest BCUT2D eigenvalue weighted by atomic mass is 32.2. The first kappa shape index (κ1) is 24.2. The summed E-state index contributed by atoms with van der Waals surface area (Å²) >= 11 is 0. The first-order valence-corrected chi connectivity index (χ1v) is 13.0. The average Bonchev–Trinajstić information content (AvgIpc) is 3.54. The van der Waals surface area contributed by atoms with Gasteiger partial charge in [-0.25, -0.2) is 18.1 Å². The Balaban J connectivity index is 1.32. The molecule has 3 N–H and O–H groups in total. The summed E-state index contributed by atoms with van der Waals surface area (Å²) in [6.45, 7) is 3.04. The summed E-state index contributed by atoms with van der Waals surface area (Å²) in [5.74, 6) is 1.60. The summed E-state index contributed by atoms with van der Waals surface area (Å²) in [4.78, 5) is 17.9. The Morgan fingerprint density at radius 1 is 1.06 bits per heavy atom. The van der Waals surface area contributed by atoms with Gasteiger partial charge in [0.15, 0.2) is 11.5 Å². The highest BCUT2D eigenvalue weighted by Gasteiger charge is 2.51. The normalized spacial score (nSPS) is 16.0. The number of hydrogen-bond acceptors (Lipinski definition) is 7. The maximum absolute atomic E-state index is 13.2. The second-order valence-electron chi connectivity index (χ2n) is 9.68. The van der Waals surface area contributed by atoms with E-state index >= 15 is 0 Å². The van der Waals surface area contributed by atoms with E-state index in [4.69, 9.17) is 9.47 Å². The number of nitrogens with zero attached hydrogens (tertiary/aromatic N) is 1. The maximum Gasteiger partial charge on any atom is 0.241 e. The van der Waals surface area contributed by atoms with Gasteiger partial charge >= 0.3 is 0 Å². The number of sulfonamides is 1. The molecule has 10 heteroatoms. The Kier molecular flexibility index (Phi) is 5.98. The third kappa shape index (κ3) is 4.67. The molecule has 1 saturated carbocycles. The van der Waals surface area contributed by atoms with Crippen LogP contribution in [-0.4, -0.2) is 43.4 Å². The van der Waals surface area contributed by atoms with Crippen LogP contribution >= 0.6 is 0 Å². The van der Waals surface area contributed by atoms with Crippen LogP contribution in [0.15, 0.2) is 65.6 Å². The van der Waals surface area contributed by atoms with E-state index in [2.05, 4.69) is 15.0 Å². The number of pyridine rings is 1. The minimum atomic E-state index is -3.80. The number of aromatic nitrogens is 1. The highest BCUT2D eigenvalue weighted by Crippen LogP contribution is 2.51. The lowest BCUT2D eigenvalue weighted by molar-refractivity contribution is -0.118. The van der Waals surface area contributed by atoms with Gasteiger partial charge in [-0.2, -0.15) is 0 Å². The molecular formula is C26H27N3O6S. The minimum absolute atomic E-state index is 0.0802. The van der Waals surface area contributed by atoms with Crippen LogP contribution in [0.1, 0.15) is 32.3 Å². The monoisotopic (exact) mass is 509 g/mol. The molecule has 2 aliphatic rings. The van der Waals surface area contributed by atoms with Crippen molar-refractivity contribution in [1.82, 2.24) is 9.71 Å². The molecule has 188 valence electrons. The Morgan fingerprint density at radius 2 is 1.78 bits per heavy atom. The molecule has 1 aliphatic carbocycles. The van der Waals surface area contributed by atoms with Crippen molar-refractivity contribution in [2.45, 2.75) is 42.5 Å². The highest BCUT2D eigenvalue weighted by molar-refractivity contribution is 7.89. The largest absolute Gasteiger partial charge is 0.454 e. The van der Waals surface area contributed by atoms with E-state index in [0.717, 1.165) is 18.4 Å². The van der Waals surface area contributed by atoms with Crippen molar-refractivity contribution in [1.29, 1.82) is 0 Å². The molecule has 0 spiro atoms. The van der Waals surface area contributed by atoms with Crippen molar-refractivity contribution < 1.29 is 27.8 Å². The number of ether oxygens (including phenoxy) is 2. The fourth-order valence-electron chi connectivity index (χ4n) is 4.13. The lowest BCUT2D eigenvalue weighted by Gasteiger charge is -2.23. The van der Waals surface area contributed by atoms with Crippen LogP contribution < -0.4 is 19.5 Å². The summed E-state index contributed by atoms with van der Waals surface area (Å²) in [6.07, 6.45) is 1.46. The summed E-state index contributed by atoms with van der Waals surface area (Å²) in [5.41, 5.74) is 0.571. The molecular weight excluding hydrogens is 482 g/mol. The third-order valence-electron chi connectivity index (χ3n) is 6.37. The number of aliphatic hydroxyl groups excluding tert-OH is 1. The van der Waals surface area contributed by atoms with E-state index in [1.807, 2.05) is 18.2 Å². The number of carbonyl (C=O) groups is 1. The van der Waals surface area contributed by atoms with Crippen LogP contribution in [0, 0.1) is 0 Å². The van der Waals surface area contributed by atoms with E-state index in [9.17, 15) is 18.3 Å². The standard InChI is InChI=1S/C26H27N3O6S/c1-25(2,15-30)29-36(32,33)19-9-6-17(7-10-19)20-4-3-5-23(27-20)28-24(31)26(12-13-26)18-8-11-21-22(14-18)35-16-34-21/h3-11,14,29-30H,12-13,15-16H2,1-2H3,(H,27,28,31). The van der Waals surface area contributed by atoms with Gasteiger partial charge in [-0.15, -0.1) is 0 Å². The van der Waals surface area contributed by atoms with Crippen molar-refractivity contribution in [2.24, 2.45) is 0 Å². The second-order valence-corrected chi connectivity index (χ2v) is 11.4. The lowest BCUT2D eigenvalue weighted by atomic mass is 9.94. The average molecular weight is 510 g/mol. The minimum Gasteiger partial charge on any atom is -0.454 e. The Bertz CT molecular complexity index is 1420. The van der Waals surface area contributed by atoms with Gasteiger partial charge in [0.25, 0.3) is 0 Å². The van der Waals surface area contributed by atoms with Crippen molar-refractivity contribution >= 4 is 21.7 Å². The molecule has 36 heavy (non-hydrogen) atoms. The van der Waals surface area contributed by atoms with Crippen molar-refractivity contribution in [2.75, 3.05) is 18.7 Å². The first-order chi connectivity index (χ1) is 17.1. The van der Waals surface area contributed by atoms with Gasteiger partial charge in [0.05, 0.1) is 28.2 Å². The zero-order valence-electron chi connectivity index (χ0n) is 19.9. The second kappa shape index (κ2) is 8.88. The number of rotatable bonds is 8. The fraction of sp³-hybridized carbons (Fsp3) is 0.308. The molecule has 0 bridgehead atoms. The molecule has 0 radical (unpaired) electrons. The summed E-state index contributed by atoms with van der Waals surface area (Å²) in [5, 5.41) is 12.3. The number of fused-ring (bicyclic) bond motifs is 1. The molecule has 1 aliphatic heterocycles. The van der Waals surface area contributed by atoms with E-state index < -0.39 is 21.0 Å². The number of aliphatic hydroxyl groups is 1. The van der Waals surface area contributed by atoms with E-state index in [1.165, 1.54) is 12.1 Å². The van der Waals surface area contributed by atoms with Gasteiger partial charge in [0.2, 0.25) is 22.7 Å². The molecule has 1 aromatic heterocycles. The van der Waals surface area contributed by atoms with Gasteiger partial charge in [0.1, 0.15) is 5.82 Å². The molecule has 1 amide bonds. The van der Waals surface area contributed by atoms with E-state index in [0.29, 0.717) is 28.6 Å². The Labute approximate surface area is 209 Å². The molecule has 2 aromatic carbocycles. The van der Waals surface area contributed by atoms with Gasteiger partial charge in [-0.05, 0) is 68.7 Å². The molecule has 0 saturated heterocycles. The molecule has 0 atom stereocenters. The van der Waals surface area contributed by atoms with Crippen LogP contribution in [0.3, 0.4) is 0 Å². The number of amides is 1. The number of hydrogen-bond donors (Lipinski definition) is 3.